The number of aromatic nitrogens is 3. The van der Waals surface area contributed by atoms with Crippen molar-refractivity contribution < 1.29 is 9.13 Å². The molecule has 0 aliphatic carbocycles. The zero-order chi connectivity index (χ0) is 11.5. The first-order valence-corrected chi connectivity index (χ1v) is 5.03. The molecule has 2 aromatic heterocycles. The van der Waals surface area contributed by atoms with Gasteiger partial charge < -0.3 is 4.74 Å². The Bertz CT molecular complexity index is 481. The van der Waals surface area contributed by atoms with Crippen molar-refractivity contribution in [3.05, 3.63) is 35.9 Å². The van der Waals surface area contributed by atoms with Crippen molar-refractivity contribution in [2.45, 2.75) is 13.8 Å². The molecular formula is C11H12FN3O. The van der Waals surface area contributed by atoms with Crippen molar-refractivity contribution in [3.8, 4) is 11.7 Å². The number of rotatable bonds is 3. The molecule has 0 spiro atoms. The van der Waals surface area contributed by atoms with Crippen LogP contribution in [0, 0.1) is 12.7 Å². The van der Waals surface area contributed by atoms with Gasteiger partial charge in [-0.05, 0) is 26.0 Å². The molecule has 4 nitrogen and oxygen atoms in total. The third-order valence-corrected chi connectivity index (χ3v) is 2.10. The quantitative estimate of drug-likeness (QED) is 0.797. The van der Waals surface area contributed by atoms with Crippen LogP contribution in [0.3, 0.4) is 0 Å². The fraction of sp³-hybridized carbons (Fsp3) is 0.273. The van der Waals surface area contributed by atoms with Crippen LogP contribution in [0.1, 0.15) is 12.6 Å². The lowest BCUT2D eigenvalue weighted by Crippen LogP contribution is -2.04. The van der Waals surface area contributed by atoms with E-state index in [1.54, 1.807) is 32.2 Å². The second-order valence-electron chi connectivity index (χ2n) is 3.24. The van der Waals surface area contributed by atoms with Crippen LogP contribution in [0.2, 0.25) is 0 Å². The van der Waals surface area contributed by atoms with Crippen LogP contribution in [0.5, 0.6) is 5.88 Å². The lowest BCUT2D eigenvalue weighted by Gasteiger charge is -2.05. The highest BCUT2D eigenvalue weighted by Crippen LogP contribution is 2.22. The first-order valence-electron chi connectivity index (χ1n) is 5.03. The fourth-order valence-electron chi connectivity index (χ4n) is 1.38. The number of hydrogen-bond acceptors (Lipinski definition) is 3. The van der Waals surface area contributed by atoms with E-state index in [2.05, 4.69) is 10.1 Å². The number of pyridine rings is 1. The maximum atomic E-state index is 13.7. The molecule has 0 fully saturated rings. The maximum absolute atomic E-state index is 13.7. The van der Waals surface area contributed by atoms with Gasteiger partial charge in [0, 0.05) is 6.20 Å². The van der Waals surface area contributed by atoms with Crippen LogP contribution in [-0.2, 0) is 0 Å². The summed E-state index contributed by atoms with van der Waals surface area (Å²) in [6, 6.07) is 5.35. The largest absolute Gasteiger partial charge is 0.476 e. The van der Waals surface area contributed by atoms with E-state index in [0.29, 0.717) is 18.1 Å². The van der Waals surface area contributed by atoms with Gasteiger partial charge in [0.1, 0.15) is 0 Å². The third kappa shape index (κ3) is 1.76. The molecule has 2 aromatic rings. The summed E-state index contributed by atoms with van der Waals surface area (Å²) in [7, 11) is 0. The molecule has 0 saturated heterocycles. The SMILES string of the molecule is CCOc1c(F)c(C)nn1-c1ccccn1. The normalized spacial score (nSPS) is 10.4. The Morgan fingerprint density at radius 1 is 1.44 bits per heavy atom. The van der Waals surface area contributed by atoms with Crippen LogP contribution in [0.15, 0.2) is 24.4 Å². The predicted molar refractivity (Wildman–Crippen MR) is 57.2 cm³/mol. The summed E-state index contributed by atoms with van der Waals surface area (Å²) in [5, 5.41) is 4.05. The highest BCUT2D eigenvalue weighted by molar-refractivity contribution is 5.30. The van der Waals surface area contributed by atoms with Crippen LogP contribution in [-0.4, -0.2) is 21.4 Å². The topological polar surface area (TPSA) is 39.9 Å². The molecule has 2 heterocycles. The lowest BCUT2D eigenvalue weighted by molar-refractivity contribution is 0.299. The average molecular weight is 221 g/mol. The summed E-state index contributed by atoms with van der Waals surface area (Å²) < 4.78 is 20.3. The Kier molecular flexibility index (Phi) is 2.85. The lowest BCUT2D eigenvalue weighted by atomic mass is 10.4. The molecule has 16 heavy (non-hydrogen) atoms. The van der Waals surface area contributed by atoms with Crippen LogP contribution in [0.4, 0.5) is 4.39 Å². The Labute approximate surface area is 92.7 Å². The predicted octanol–water partition coefficient (Wildman–Crippen LogP) is 2.11. The van der Waals surface area contributed by atoms with Crippen LogP contribution >= 0.6 is 0 Å². The van der Waals surface area contributed by atoms with Crippen molar-refractivity contribution in [1.82, 2.24) is 14.8 Å². The van der Waals surface area contributed by atoms with Gasteiger partial charge in [-0.15, -0.1) is 0 Å². The standard InChI is InChI=1S/C11H12FN3O/c1-3-16-11-10(12)8(2)14-15(11)9-6-4-5-7-13-9/h4-7H,3H2,1-2H3. The summed E-state index contributed by atoms with van der Waals surface area (Å²) in [5.41, 5.74) is 0.300. The Morgan fingerprint density at radius 3 is 2.88 bits per heavy atom. The zero-order valence-electron chi connectivity index (χ0n) is 9.14. The van der Waals surface area contributed by atoms with E-state index in [4.69, 9.17) is 4.74 Å². The summed E-state index contributed by atoms with van der Waals surface area (Å²) in [6.07, 6.45) is 1.62. The van der Waals surface area contributed by atoms with E-state index in [-0.39, 0.29) is 5.88 Å². The smallest absolute Gasteiger partial charge is 0.255 e. The van der Waals surface area contributed by atoms with E-state index < -0.39 is 5.82 Å². The van der Waals surface area contributed by atoms with E-state index in [1.807, 2.05) is 6.07 Å². The van der Waals surface area contributed by atoms with Crippen molar-refractivity contribution in [2.75, 3.05) is 6.61 Å². The molecule has 2 rings (SSSR count). The molecule has 0 radical (unpaired) electrons. The molecule has 0 aliphatic heterocycles. The van der Waals surface area contributed by atoms with Gasteiger partial charge in [-0.1, -0.05) is 6.07 Å². The van der Waals surface area contributed by atoms with E-state index in [9.17, 15) is 4.39 Å². The summed E-state index contributed by atoms with van der Waals surface area (Å²) in [5.74, 6) is 0.212. The maximum Gasteiger partial charge on any atom is 0.255 e. The molecule has 0 amide bonds. The van der Waals surface area contributed by atoms with Crippen molar-refractivity contribution in [3.63, 3.8) is 0 Å². The van der Waals surface area contributed by atoms with Crippen molar-refractivity contribution in [1.29, 1.82) is 0 Å². The average Bonchev–Trinajstić information content (AvgIpc) is 2.59. The summed E-state index contributed by atoms with van der Waals surface area (Å²) in [4.78, 5) is 4.10. The minimum atomic E-state index is -0.437. The number of nitrogens with zero attached hydrogens (tertiary/aromatic N) is 3. The first-order chi connectivity index (χ1) is 7.74. The molecule has 0 aromatic carbocycles. The Morgan fingerprint density at radius 2 is 2.25 bits per heavy atom. The molecule has 0 unspecified atom stereocenters. The number of ether oxygens (including phenoxy) is 1. The highest BCUT2D eigenvalue weighted by Gasteiger charge is 2.17. The number of hydrogen-bond donors (Lipinski definition) is 0. The second kappa shape index (κ2) is 4.30. The molecule has 0 saturated carbocycles. The third-order valence-electron chi connectivity index (χ3n) is 2.10. The highest BCUT2D eigenvalue weighted by atomic mass is 19.1. The minimum Gasteiger partial charge on any atom is -0.476 e. The van der Waals surface area contributed by atoms with Gasteiger partial charge in [0.25, 0.3) is 5.88 Å². The molecule has 0 aliphatic rings. The molecule has 0 N–H and O–H groups in total. The van der Waals surface area contributed by atoms with Gasteiger partial charge in [0.15, 0.2) is 5.82 Å². The number of halogens is 1. The second-order valence-corrected chi connectivity index (χ2v) is 3.24. The van der Waals surface area contributed by atoms with E-state index >= 15 is 0 Å². The van der Waals surface area contributed by atoms with Gasteiger partial charge in [0.05, 0.1) is 12.3 Å². The first kappa shape index (κ1) is 10.6. The molecular weight excluding hydrogens is 209 g/mol. The molecule has 5 heteroatoms. The zero-order valence-corrected chi connectivity index (χ0v) is 9.14. The van der Waals surface area contributed by atoms with Crippen LogP contribution < -0.4 is 4.74 Å². The molecule has 0 atom stereocenters. The van der Waals surface area contributed by atoms with Gasteiger partial charge in [0.2, 0.25) is 5.82 Å². The van der Waals surface area contributed by atoms with Gasteiger partial charge in [-0.3, -0.25) is 0 Å². The Balaban J connectivity index is 2.52. The van der Waals surface area contributed by atoms with Crippen molar-refractivity contribution in [2.24, 2.45) is 0 Å². The monoisotopic (exact) mass is 221 g/mol. The molecule has 84 valence electrons. The fourth-order valence-corrected chi connectivity index (χ4v) is 1.38. The minimum absolute atomic E-state index is 0.110. The van der Waals surface area contributed by atoms with Gasteiger partial charge >= 0.3 is 0 Å². The van der Waals surface area contributed by atoms with E-state index in [0.717, 1.165) is 0 Å². The molecule has 0 bridgehead atoms. The van der Waals surface area contributed by atoms with Crippen molar-refractivity contribution >= 4 is 0 Å². The number of aryl methyl sites for hydroxylation is 1. The summed E-state index contributed by atoms with van der Waals surface area (Å²) in [6.45, 7) is 3.77. The Hall–Kier alpha value is -1.91. The van der Waals surface area contributed by atoms with Crippen LogP contribution in [0.25, 0.3) is 5.82 Å². The van der Waals surface area contributed by atoms with Gasteiger partial charge in [-0.25, -0.2) is 4.98 Å². The van der Waals surface area contributed by atoms with Gasteiger partial charge in [-0.2, -0.15) is 14.2 Å². The van der Waals surface area contributed by atoms with E-state index in [1.165, 1.54) is 4.68 Å². The summed E-state index contributed by atoms with van der Waals surface area (Å²) >= 11 is 0.